The molecule has 143 heavy (non-hydrogen) atoms. The van der Waals surface area contributed by atoms with E-state index in [2.05, 4.69) is 75.2 Å². The number of piperidine rings is 2. The van der Waals surface area contributed by atoms with E-state index in [4.69, 9.17) is 33.7 Å². The summed E-state index contributed by atoms with van der Waals surface area (Å²) in [4.78, 5) is 206. The number of cyclic esters (lactones) is 2. The van der Waals surface area contributed by atoms with Crippen molar-refractivity contribution in [3.05, 3.63) is 185 Å². The van der Waals surface area contributed by atoms with Crippen LogP contribution >= 0.6 is 0 Å². The molecule has 0 aliphatic carbocycles. The molecular formula is C103H125F2N17O21+2. The van der Waals surface area contributed by atoms with Crippen molar-refractivity contribution in [2.45, 2.75) is 212 Å². The van der Waals surface area contributed by atoms with E-state index in [9.17, 15) is 77.3 Å². The number of ether oxygens (including phenoxy) is 5. The van der Waals surface area contributed by atoms with Crippen molar-refractivity contribution < 1.29 is 109 Å². The number of aliphatic hydroxyl groups is 2. The number of hydrogen-bond donors (Lipinski definition) is 9. The smallest absolute Gasteiger partial charge is 0.343 e. The van der Waals surface area contributed by atoms with Crippen LogP contribution in [-0.2, 0) is 135 Å². The summed E-state index contributed by atoms with van der Waals surface area (Å²) in [6.45, 7) is 11.0. The van der Waals surface area contributed by atoms with Gasteiger partial charge in [0.05, 0.1) is 119 Å². The molecule has 760 valence electrons. The number of halogens is 2. The van der Waals surface area contributed by atoms with E-state index in [-0.39, 0.29) is 149 Å². The lowest BCUT2D eigenvalue weighted by Crippen LogP contribution is -2.53. The SMILES string of the molecule is CC[C@@]1(O)C(=O)OCc2c1cc1n(c2=O)Cc2c-1nc1cc(F)c(OC)cc1c2CN1CCC([N+](C)(C)Cc2ccc(NC(=O)[C@H](C)NC(=O)CN(CC(=O)N[C@@H](C)C(=O)Nc3ccc(C[N+](C)(C)C4CCN(Cc5c6c(nc7cc(F)c(OC)cc57)-c5cc7c(c(=O)n5C6)COC(=O)[C@]7(O)CC)CC4)cc3)C(=O)CCCNC(=O)[C@H](CCC(=O)NC(C)COC)NC(=O)CCCN3C(=O)C=CC3=O)cc2)CC1. The lowest BCUT2D eigenvalue weighted by Gasteiger charge is -2.43. The number of carbonyl (C=O) groups is 12. The quantitative estimate of drug-likeness (QED) is 0.00964. The number of nitrogens with one attached hydrogen (secondary N) is 7. The lowest BCUT2D eigenvalue weighted by atomic mass is 9.86. The van der Waals surface area contributed by atoms with Crippen LogP contribution in [0.25, 0.3) is 44.6 Å². The monoisotopic (exact) mass is 1970 g/mol. The summed E-state index contributed by atoms with van der Waals surface area (Å²) in [5.41, 5.74) is 4.33. The Labute approximate surface area is 824 Å². The van der Waals surface area contributed by atoms with E-state index in [0.717, 1.165) is 81.0 Å². The molecule has 4 aromatic heterocycles. The number of rotatable bonds is 40. The molecule has 6 atom stereocenters. The Morgan fingerprint density at radius 3 is 1.40 bits per heavy atom. The molecule has 9 N–H and O–H groups in total. The van der Waals surface area contributed by atoms with Crippen LogP contribution in [0.3, 0.4) is 0 Å². The fourth-order valence-electron chi connectivity index (χ4n) is 20.6. The summed E-state index contributed by atoms with van der Waals surface area (Å²) in [5, 5.41) is 43.5. The van der Waals surface area contributed by atoms with Crippen molar-refractivity contribution in [3.8, 4) is 34.3 Å². The fraction of sp³-hybridized carbons (Fsp3) is 0.476. The van der Waals surface area contributed by atoms with Gasteiger partial charge < -0.3 is 94.1 Å². The van der Waals surface area contributed by atoms with Crippen molar-refractivity contribution in [1.82, 2.24) is 65.3 Å². The van der Waals surface area contributed by atoms with Gasteiger partial charge in [-0.15, -0.1) is 0 Å². The minimum Gasteiger partial charge on any atom is -0.494 e. The average molecular weight is 1980 g/mol. The molecule has 11 heterocycles. The third-order valence-corrected chi connectivity index (χ3v) is 28.9. The minimum atomic E-state index is -2.03. The van der Waals surface area contributed by atoms with Crippen molar-refractivity contribution in [1.29, 1.82) is 0 Å². The largest absolute Gasteiger partial charge is 0.494 e. The summed E-state index contributed by atoms with van der Waals surface area (Å²) < 4.78 is 62.1. The molecule has 8 aromatic rings. The van der Waals surface area contributed by atoms with Gasteiger partial charge in [-0.2, -0.15) is 0 Å². The van der Waals surface area contributed by atoms with Crippen LogP contribution in [0.4, 0.5) is 20.2 Å². The van der Waals surface area contributed by atoms with Gasteiger partial charge in [0.2, 0.25) is 47.3 Å². The second kappa shape index (κ2) is 43.3. The zero-order valence-electron chi connectivity index (χ0n) is 82.6. The molecule has 40 heteroatoms. The molecule has 0 saturated carbocycles. The summed E-state index contributed by atoms with van der Waals surface area (Å²) in [6.07, 6.45) is 4.55. The number of aromatic nitrogens is 4. The van der Waals surface area contributed by atoms with E-state index in [0.29, 0.717) is 117 Å². The summed E-state index contributed by atoms with van der Waals surface area (Å²) in [6, 6.07) is 20.2. The molecule has 2 saturated heterocycles. The van der Waals surface area contributed by atoms with Crippen LogP contribution in [-0.4, -0.2) is 274 Å². The molecule has 1 unspecified atom stereocenters. The number of nitrogens with zero attached hydrogens (tertiary/aromatic N) is 10. The molecule has 0 radical (unpaired) electrons. The van der Waals surface area contributed by atoms with Gasteiger partial charge >= 0.3 is 11.9 Å². The van der Waals surface area contributed by atoms with Gasteiger partial charge in [-0.1, -0.05) is 38.1 Å². The predicted octanol–water partition coefficient (Wildman–Crippen LogP) is 5.68. The first-order chi connectivity index (χ1) is 68.1. The third kappa shape index (κ3) is 22.4. The summed E-state index contributed by atoms with van der Waals surface area (Å²) in [7, 11) is 12.9. The van der Waals surface area contributed by atoms with Crippen LogP contribution in [0.2, 0.25) is 0 Å². The number of benzene rings is 4. The van der Waals surface area contributed by atoms with Crippen LogP contribution < -0.4 is 57.8 Å². The molecule has 0 bridgehead atoms. The Hall–Kier alpha value is -13.6. The van der Waals surface area contributed by atoms with Gasteiger partial charge in [0, 0.05) is 190 Å². The normalized spacial score (nSPS) is 18.2. The number of likely N-dealkylation sites (tertiary alicyclic amines) is 2. The standard InChI is InChI=1S/C103H123F2N17O21/c1-13-102(137)75-43-82-93-71(49-119(82)98(133)73(75)56-142-100(102)135)69(67-41-84(140-11)77(104)45-80(67)113-93)47-115-37-31-65(32-38-115)121(6,7)53-61-19-23-63(24-20-61)110-95(130)59(4)108-88(125)51-117(90(127)18-15-35-106-97(132)79(27-28-87(124)107-58(3)55-139-10)112-86(123)17-16-36-118-91(128)29-30-92(118)129)52-89(126)109-60(5)96(131)111-64-25-21-62(22-26-64)54-122(8,9)66-33-39-116(40-34-66)48-70-68-42-85(141-12)78(105)46-81(68)114-94-72(70)50-120-83(94)44-76-74(99(120)134)57-143-101(136)103(76,138)14-2/h19-26,29-30,41-46,58-60,65-66,79,137-138H,13-18,27-28,31-40,47-57H2,1-12H3,(H5-2,106,107,108,109,110,111,112,123,124,125,126,130,131,132)/p+2/t58?,59-,60-,79-,102-,103-/m0/s1. The van der Waals surface area contributed by atoms with Gasteiger partial charge in [0.15, 0.2) is 34.3 Å². The maximum Gasteiger partial charge on any atom is 0.343 e. The molecule has 7 aliphatic heterocycles. The first-order valence-electron chi connectivity index (χ1n) is 48.5. The maximum absolute atomic E-state index is 15.5. The molecular weight excluding hydrogens is 1850 g/mol. The Morgan fingerprint density at radius 1 is 0.545 bits per heavy atom. The van der Waals surface area contributed by atoms with Gasteiger partial charge in [-0.25, -0.2) is 28.3 Å². The number of carbonyl (C=O) groups excluding carboxylic acids is 12. The predicted molar refractivity (Wildman–Crippen MR) is 520 cm³/mol. The van der Waals surface area contributed by atoms with Crippen LogP contribution in [0, 0.1) is 11.6 Å². The third-order valence-electron chi connectivity index (χ3n) is 28.9. The number of hydrogen-bond acceptors (Lipinski definition) is 25. The lowest BCUT2D eigenvalue weighted by molar-refractivity contribution is -0.929. The topological polar surface area (TPSA) is 458 Å². The highest BCUT2D eigenvalue weighted by Crippen LogP contribution is 2.45. The fourth-order valence-corrected chi connectivity index (χ4v) is 20.6. The Kier molecular flexibility index (Phi) is 31.4. The molecule has 0 spiro atoms. The minimum absolute atomic E-state index is 0.0270. The Morgan fingerprint density at radius 2 is 0.979 bits per heavy atom. The van der Waals surface area contributed by atoms with Crippen LogP contribution in [0.1, 0.15) is 167 Å². The number of amides is 10. The van der Waals surface area contributed by atoms with Gasteiger partial charge in [0.25, 0.3) is 22.9 Å². The number of esters is 2. The van der Waals surface area contributed by atoms with E-state index >= 15 is 8.78 Å². The number of fused-ring (bicyclic) bond motifs is 10. The molecule has 7 aliphatic rings. The second-order valence-electron chi connectivity index (χ2n) is 39.4. The molecule has 38 nitrogen and oxygen atoms in total. The van der Waals surface area contributed by atoms with Crippen molar-refractivity contribution in [3.63, 3.8) is 0 Å². The Balaban J connectivity index is 0.557. The average Bonchev–Trinajstić information content (AvgIpc) is 1.58. The first-order valence-corrected chi connectivity index (χ1v) is 48.5. The maximum atomic E-state index is 15.5. The Bertz CT molecular complexity index is 6190. The number of pyridine rings is 4. The summed E-state index contributed by atoms with van der Waals surface area (Å²) in [5.74, 6) is -9.21. The van der Waals surface area contributed by atoms with E-state index in [1.54, 1.807) is 78.4 Å². The highest BCUT2D eigenvalue weighted by molar-refractivity contribution is 6.13. The zero-order chi connectivity index (χ0) is 103. The number of anilines is 2. The molecule has 10 amide bonds. The van der Waals surface area contributed by atoms with Crippen LogP contribution in [0.5, 0.6) is 11.5 Å². The van der Waals surface area contributed by atoms with E-state index in [1.165, 1.54) is 47.3 Å². The number of quaternary nitrogens is 2. The highest BCUT2D eigenvalue weighted by atomic mass is 19.1. The van der Waals surface area contributed by atoms with Crippen molar-refractivity contribution in [2.75, 3.05) is 119 Å². The second-order valence-corrected chi connectivity index (χ2v) is 39.4. The van der Waals surface area contributed by atoms with Gasteiger partial charge in [-0.3, -0.25) is 72.2 Å². The van der Waals surface area contributed by atoms with Crippen molar-refractivity contribution >= 4 is 104 Å². The van der Waals surface area contributed by atoms with Gasteiger partial charge in [0.1, 0.15) is 57.5 Å². The van der Waals surface area contributed by atoms with Crippen molar-refractivity contribution in [2.24, 2.45) is 0 Å². The first kappa shape index (κ1) is 104. The molecule has 15 rings (SSSR count). The van der Waals surface area contributed by atoms with Crippen LogP contribution in [0.15, 0.2) is 107 Å². The van der Waals surface area contributed by atoms with E-state index < -0.39 is 136 Å². The van der Waals surface area contributed by atoms with E-state index in [1.807, 2.05) is 24.3 Å². The number of methoxy groups -OCH3 is 3. The summed E-state index contributed by atoms with van der Waals surface area (Å²) >= 11 is 0. The zero-order valence-corrected chi connectivity index (χ0v) is 82.6. The number of imide groups is 1. The molecule has 4 aromatic carbocycles. The van der Waals surface area contributed by atoms with Gasteiger partial charge in [-0.05, 0) is 113 Å². The highest BCUT2D eigenvalue weighted by Gasteiger charge is 2.49. The molecule has 2 fully saturated rings.